The monoisotopic (exact) mass is 426 g/mol. The van der Waals surface area contributed by atoms with Gasteiger partial charge in [0.15, 0.2) is 9.84 Å². The van der Waals surface area contributed by atoms with Gasteiger partial charge in [-0.3, -0.25) is 14.8 Å². The molecule has 0 aliphatic carbocycles. The van der Waals surface area contributed by atoms with Crippen LogP contribution in [-0.2, 0) is 9.84 Å². The number of carbonyl (C=O) groups is 1. The number of fused-ring (bicyclic) bond motifs is 1. The van der Waals surface area contributed by atoms with E-state index in [1.165, 1.54) is 28.1 Å². The zero-order chi connectivity index (χ0) is 20.8. The summed E-state index contributed by atoms with van der Waals surface area (Å²) in [5, 5.41) is 11.4. The number of carbonyl (C=O) groups excluding carboxylic acids is 1. The Kier molecular flexibility index (Phi) is 4.65. The fraction of sp³-hybridized carbons (Fsp3) is 0.150. The third kappa shape index (κ3) is 3.39. The molecule has 1 aromatic heterocycles. The van der Waals surface area contributed by atoms with Crippen LogP contribution in [0.3, 0.4) is 0 Å². The summed E-state index contributed by atoms with van der Waals surface area (Å²) in [6.45, 7) is 0.151. The Balaban J connectivity index is 1.86. The number of benzene rings is 2. The molecular formula is C20H15ClN4O3S. The second kappa shape index (κ2) is 7.03. The molecule has 7 nitrogen and oxygen atoms in total. The molecule has 1 fully saturated rings. The maximum absolute atomic E-state index is 13.2. The summed E-state index contributed by atoms with van der Waals surface area (Å²) in [6.07, 6.45) is 4.18. The molecule has 9 heteroatoms. The standard InChI is InChI=1S/C20H15ClN4O3S/c1-29(27,28)17-6-5-13-10-23-11-19(18(13)8-17)25-16(9-22)12-24(20(25)26)15-4-2-3-14(21)7-15/h2-8,10-11,16H,12H2,1H3/t16-/m0/s1. The fourth-order valence-electron chi connectivity index (χ4n) is 3.38. The number of amides is 2. The normalized spacial score (nSPS) is 17.0. The van der Waals surface area contributed by atoms with E-state index in [-0.39, 0.29) is 11.4 Å². The van der Waals surface area contributed by atoms with Gasteiger partial charge < -0.3 is 0 Å². The third-order valence-electron chi connectivity index (χ3n) is 4.77. The van der Waals surface area contributed by atoms with E-state index in [1.807, 2.05) is 0 Å². The zero-order valence-electron chi connectivity index (χ0n) is 15.3. The molecule has 1 aliphatic heterocycles. The minimum atomic E-state index is -3.44. The van der Waals surface area contributed by atoms with Gasteiger partial charge >= 0.3 is 6.03 Å². The van der Waals surface area contributed by atoms with E-state index in [1.54, 1.807) is 36.5 Å². The molecule has 146 valence electrons. The van der Waals surface area contributed by atoms with Gasteiger partial charge in [0.1, 0.15) is 6.04 Å². The first-order chi connectivity index (χ1) is 13.8. The molecule has 3 aromatic rings. The average Bonchev–Trinajstić information content (AvgIpc) is 3.02. The molecule has 0 spiro atoms. The lowest BCUT2D eigenvalue weighted by Gasteiger charge is -2.21. The molecule has 0 unspecified atom stereocenters. The first-order valence-corrected chi connectivity index (χ1v) is 10.9. The third-order valence-corrected chi connectivity index (χ3v) is 6.12. The van der Waals surface area contributed by atoms with Gasteiger partial charge in [-0.25, -0.2) is 13.2 Å². The van der Waals surface area contributed by atoms with Gasteiger partial charge in [0.25, 0.3) is 0 Å². The van der Waals surface area contributed by atoms with Gasteiger partial charge in [-0.15, -0.1) is 0 Å². The fourth-order valence-corrected chi connectivity index (χ4v) is 4.21. The van der Waals surface area contributed by atoms with Crippen molar-refractivity contribution in [3.63, 3.8) is 0 Å². The van der Waals surface area contributed by atoms with Crippen LogP contribution in [0.15, 0.2) is 59.8 Å². The van der Waals surface area contributed by atoms with E-state index >= 15 is 0 Å². The van der Waals surface area contributed by atoms with E-state index in [0.29, 0.717) is 27.2 Å². The van der Waals surface area contributed by atoms with Gasteiger partial charge in [0.2, 0.25) is 0 Å². The first kappa shape index (κ1) is 19.2. The molecule has 4 rings (SSSR count). The summed E-state index contributed by atoms with van der Waals surface area (Å²) in [6, 6.07) is 12.4. The molecule has 1 atom stereocenters. The number of aromatic nitrogens is 1. The highest BCUT2D eigenvalue weighted by atomic mass is 35.5. The Bertz CT molecular complexity index is 1290. The van der Waals surface area contributed by atoms with Crippen LogP contribution in [0, 0.1) is 11.3 Å². The van der Waals surface area contributed by atoms with Crippen molar-refractivity contribution in [1.29, 1.82) is 5.26 Å². The van der Waals surface area contributed by atoms with E-state index in [9.17, 15) is 18.5 Å². The van der Waals surface area contributed by atoms with E-state index in [4.69, 9.17) is 11.6 Å². The molecule has 0 saturated carbocycles. The van der Waals surface area contributed by atoms with Crippen LogP contribution in [0.2, 0.25) is 5.02 Å². The predicted octanol–water partition coefficient (Wildman–Crippen LogP) is 3.63. The number of urea groups is 1. The van der Waals surface area contributed by atoms with Crippen LogP contribution in [-0.4, -0.2) is 38.3 Å². The number of pyridine rings is 1. The Morgan fingerprint density at radius 2 is 2.00 bits per heavy atom. The summed E-state index contributed by atoms with van der Waals surface area (Å²) in [5.41, 5.74) is 0.962. The molecule has 2 amide bonds. The van der Waals surface area contributed by atoms with Crippen molar-refractivity contribution in [2.45, 2.75) is 10.9 Å². The minimum Gasteiger partial charge on any atom is -0.291 e. The highest BCUT2D eigenvalue weighted by Crippen LogP contribution is 2.34. The van der Waals surface area contributed by atoms with Crippen LogP contribution < -0.4 is 9.80 Å². The zero-order valence-corrected chi connectivity index (χ0v) is 16.9. The van der Waals surface area contributed by atoms with Gasteiger partial charge in [-0.05, 0) is 30.3 Å². The molecule has 0 N–H and O–H groups in total. The van der Waals surface area contributed by atoms with Crippen LogP contribution in [0.4, 0.5) is 16.2 Å². The number of nitrogens with zero attached hydrogens (tertiary/aromatic N) is 4. The smallest absolute Gasteiger partial charge is 0.291 e. The first-order valence-electron chi connectivity index (χ1n) is 8.63. The van der Waals surface area contributed by atoms with E-state index in [2.05, 4.69) is 11.1 Å². The number of sulfone groups is 1. The van der Waals surface area contributed by atoms with Crippen molar-refractivity contribution in [3.05, 3.63) is 59.9 Å². The molecule has 0 bridgehead atoms. The lowest BCUT2D eigenvalue weighted by atomic mass is 10.1. The summed E-state index contributed by atoms with van der Waals surface area (Å²) < 4.78 is 24.0. The van der Waals surface area contributed by atoms with Gasteiger partial charge in [-0.2, -0.15) is 5.26 Å². The van der Waals surface area contributed by atoms with E-state index < -0.39 is 21.9 Å². The summed E-state index contributed by atoms with van der Waals surface area (Å²) in [7, 11) is -3.44. The number of halogens is 1. The lowest BCUT2D eigenvalue weighted by molar-refractivity contribution is 0.255. The molecule has 29 heavy (non-hydrogen) atoms. The summed E-state index contributed by atoms with van der Waals surface area (Å²) in [4.78, 5) is 20.3. The molecule has 0 radical (unpaired) electrons. The minimum absolute atomic E-state index is 0.129. The second-order valence-electron chi connectivity index (χ2n) is 6.70. The van der Waals surface area contributed by atoms with Crippen LogP contribution in [0.1, 0.15) is 0 Å². The summed E-state index contributed by atoms with van der Waals surface area (Å²) in [5.74, 6) is 0. The quantitative estimate of drug-likeness (QED) is 0.637. The Morgan fingerprint density at radius 3 is 2.69 bits per heavy atom. The lowest BCUT2D eigenvalue weighted by Crippen LogP contribution is -2.34. The predicted molar refractivity (Wildman–Crippen MR) is 111 cm³/mol. The van der Waals surface area contributed by atoms with Crippen molar-refractivity contribution in [2.75, 3.05) is 22.6 Å². The largest absolute Gasteiger partial charge is 0.330 e. The van der Waals surface area contributed by atoms with Crippen LogP contribution >= 0.6 is 11.6 Å². The van der Waals surface area contributed by atoms with Crippen molar-refractivity contribution < 1.29 is 13.2 Å². The van der Waals surface area contributed by atoms with Crippen molar-refractivity contribution in [2.24, 2.45) is 0 Å². The topological polar surface area (TPSA) is 94.4 Å². The SMILES string of the molecule is CS(=O)(=O)c1ccc2cncc(N3C(=O)N(c4cccc(Cl)c4)C[C@@H]3C#N)c2c1. The Labute approximate surface area is 172 Å². The van der Waals surface area contributed by atoms with Gasteiger partial charge in [-0.1, -0.05) is 23.7 Å². The number of hydrogen-bond acceptors (Lipinski definition) is 5. The average molecular weight is 427 g/mol. The van der Waals surface area contributed by atoms with Gasteiger partial charge in [0.05, 0.1) is 29.4 Å². The van der Waals surface area contributed by atoms with Crippen LogP contribution in [0.25, 0.3) is 10.8 Å². The molecular weight excluding hydrogens is 412 g/mol. The highest BCUT2D eigenvalue weighted by molar-refractivity contribution is 7.90. The Hall–Kier alpha value is -3.15. The second-order valence-corrected chi connectivity index (χ2v) is 9.15. The number of rotatable bonds is 3. The van der Waals surface area contributed by atoms with Crippen molar-refractivity contribution >= 4 is 49.6 Å². The number of hydrogen-bond donors (Lipinski definition) is 0. The van der Waals surface area contributed by atoms with Gasteiger partial charge in [0, 0.05) is 33.9 Å². The number of anilines is 2. The highest BCUT2D eigenvalue weighted by Gasteiger charge is 2.40. The van der Waals surface area contributed by atoms with Crippen molar-refractivity contribution in [1.82, 2.24) is 4.98 Å². The number of nitriles is 1. The molecule has 2 heterocycles. The molecule has 1 saturated heterocycles. The summed E-state index contributed by atoms with van der Waals surface area (Å²) >= 11 is 6.05. The Morgan fingerprint density at radius 1 is 1.21 bits per heavy atom. The maximum Gasteiger partial charge on any atom is 0.330 e. The van der Waals surface area contributed by atoms with E-state index in [0.717, 1.165) is 6.26 Å². The maximum atomic E-state index is 13.2. The van der Waals surface area contributed by atoms with Crippen molar-refractivity contribution in [3.8, 4) is 6.07 Å². The van der Waals surface area contributed by atoms with Crippen LogP contribution in [0.5, 0.6) is 0 Å². The molecule has 2 aromatic carbocycles. The molecule has 1 aliphatic rings.